The molecule has 7 heteroatoms. The molecule has 0 aliphatic carbocycles. The van der Waals surface area contributed by atoms with Gasteiger partial charge in [0.25, 0.3) is 11.6 Å². The minimum atomic E-state index is -0.901. The van der Waals surface area contributed by atoms with Crippen LogP contribution in [0.3, 0.4) is 0 Å². The molecule has 1 amide bonds. The number of nitrogens with zero attached hydrogens (tertiary/aromatic N) is 1. The van der Waals surface area contributed by atoms with Crippen molar-refractivity contribution >= 4 is 17.6 Å². The number of ether oxygens (including phenoxy) is 1. The van der Waals surface area contributed by atoms with Gasteiger partial charge in [0, 0.05) is 17.7 Å². The topological polar surface area (TPSA) is 98.5 Å². The molecule has 0 aliphatic rings. The highest BCUT2D eigenvalue weighted by molar-refractivity contribution is 5.97. The Balaban J connectivity index is 2.00. The number of non-ortho nitro benzene ring substituents is 1. The van der Waals surface area contributed by atoms with E-state index in [2.05, 4.69) is 5.32 Å². The molecule has 7 nitrogen and oxygen atoms in total. The number of hydrogen-bond acceptors (Lipinski definition) is 5. The van der Waals surface area contributed by atoms with Crippen molar-refractivity contribution < 1.29 is 19.2 Å². The zero-order valence-electron chi connectivity index (χ0n) is 12.3. The second kappa shape index (κ2) is 7.17. The van der Waals surface area contributed by atoms with E-state index in [4.69, 9.17) is 4.74 Å². The summed E-state index contributed by atoms with van der Waals surface area (Å²) in [6.45, 7) is 1.47. The first-order chi connectivity index (χ1) is 11.0. The number of carbonyl (C=O) groups is 2. The van der Waals surface area contributed by atoms with Crippen LogP contribution < -0.4 is 10.1 Å². The number of nitro benzene ring substituents is 1. The Morgan fingerprint density at radius 3 is 2.48 bits per heavy atom. The maximum Gasteiger partial charge on any atom is 0.333 e. The highest BCUT2D eigenvalue weighted by atomic mass is 16.6. The van der Waals surface area contributed by atoms with E-state index in [9.17, 15) is 19.7 Å². The molecule has 1 N–H and O–H groups in total. The van der Waals surface area contributed by atoms with Gasteiger partial charge in [-0.2, -0.15) is 0 Å². The maximum absolute atomic E-state index is 12.0. The molecule has 23 heavy (non-hydrogen) atoms. The molecule has 0 saturated heterocycles. The molecule has 0 heterocycles. The lowest BCUT2D eigenvalue weighted by molar-refractivity contribution is -0.384. The summed E-state index contributed by atoms with van der Waals surface area (Å²) in [6.07, 6.45) is 0. The monoisotopic (exact) mass is 314 g/mol. The van der Waals surface area contributed by atoms with Gasteiger partial charge in [0.1, 0.15) is 11.8 Å². The molecule has 2 rings (SSSR count). The van der Waals surface area contributed by atoms with Crippen LogP contribution in [0.15, 0.2) is 54.6 Å². The van der Waals surface area contributed by atoms with Gasteiger partial charge in [-0.25, -0.2) is 4.79 Å². The number of nitro groups is 1. The number of carbonyl (C=O) groups excluding carboxylic acids is 2. The molecule has 0 aliphatic heterocycles. The summed E-state index contributed by atoms with van der Waals surface area (Å²) < 4.78 is 5.11. The standard InChI is InChI=1S/C16H14N2O5/c1-11(16(20)23-14-8-3-2-4-9-14)17-15(19)12-6-5-7-13(10-12)18(21)22/h2-11H,1H3,(H,17,19)/t11-/m0/s1. The number of hydrogen-bond donors (Lipinski definition) is 1. The van der Waals surface area contributed by atoms with Crippen LogP contribution in [0, 0.1) is 10.1 Å². The Bertz CT molecular complexity index is 730. The first-order valence-corrected chi connectivity index (χ1v) is 6.79. The van der Waals surface area contributed by atoms with Crippen LogP contribution in [-0.2, 0) is 4.79 Å². The quantitative estimate of drug-likeness (QED) is 0.395. The molecule has 0 saturated carbocycles. The molecule has 0 fully saturated rings. The van der Waals surface area contributed by atoms with Gasteiger partial charge in [-0.15, -0.1) is 0 Å². The summed E-state index contributed by atoms with van der Waals surface area (Å²) in [7, 11) is 0. The summed E-state index contributed by atoms with van der Waals surface area (Å²) in [5.41, 5.74) is -0.101. The van der Waals surface area contributed by atoms with Gasteiger partial charge in [0.15, 0.2) is 0 Å². The Kier molecular flexibility index (Phi) is 5.03. The molecule has 0 aromatic heterocycles. The third kappa shape index (κ3) is 4.37. The van der Waals surface area contributed by atoms with Crippen molar-refractivity contribution in [3.63, 3.8) is 0 Å². The second-order valence-corrected chi connectivity index (χ2v) is 4.74. The predicted octanol–water partition coefficient (Wildman–Crippen LogP) is 2.32. The molecule has 2 aromatic rings. The molecular formula is C16H14N2O5. The van der Waals surface area contributed by atoms with Crippen molar-refractivity contribution in [1.29, 1.82) is 0 Å². The normalized spacial score (nSPS) is 11.3. The van der Waals surface area contributed by atoms with Crippen molar-refractivity contribution in [2.24, 2.45) is 0 Å². The predicted molar refractivity (Wildman–Crippen MR) is 82.1 cm³/mol. The van der Waals surface area contributed by atoms with E-state index in [0.717, 1.165) is 6.07 Å². The van der Waals surface area contributed by atoms with E-state index >= 15 is 0 Å². The fourth-order valence-corrected chi connectivity index (χ4v) is 1.79. The van der Waals surface area contributed by atoms with E-state index in [1.807, 2.05) is 0 Å². The Morgan fingerprint density at radius 1 is 1.13 bits per heavy atom. The van der Waals surface area contributed by atoms with Crippen LogP contribution in [0.25, 0.3) is 0 Å². The smallest absolute Gasteiger partial charge is 0.333 e. The molecule has 118 valence electrons. The molecule has 1 atom stereocenters. The molecule has 0 bridgehead atoms. The maximum atomic E-state index is 12.0. The van der Waals surface area contributed by atoms with Crippen molar-refractivity contribution in [2.75, 3.05) is 0 Å². The van der Waals surface area contributed by atoms with E-state index in [1.54, 1.807) is 30.3 Å². The van der Waals surface area contributed by atoms with Gasteiger partial charge in [-0.3, -0.25) is 14.9 Å². The highest BCUT2D eigenvalue weighted by Gasteiger charge is 2.19. The van der Waals surface area contributed by atoms with E-state index in [1.165, 1.54) is 25.1 Å². The Labute approximate surface area is 132 Å². The van der Waals surface area contributed by atoms with Crippen LogP contribution in [0.1, 0.15) is 17.3 Å². The number of esters is 1. The van der Waals surface area contributed by atoms with Gasteiger partial charge >= 0.3 is 5.97 Å². The Morgan fingerprint density at radius 2 is 1.83 bits per heavy atom. The summed E-state index contributed by atoms with van der Waals surface area (Å²) in [5, 5.41) is 13.2. The van der Waals surface area contributed by atoms with Crippen LogP contribution >= 0.6 is 0 Å². The minimum Gasteiger partial charge on any atom is -0.425 e. The molecular weight excluding hydrogens is 300 g/mol. The van der Waals surface area contributed by atoms with Gasteiger partial charge in [0.2, 0.25) is 0 Å². The van der Waals surface area contributed by atoms with Crippen molar-refractivity contribution in [1.82, 2.24) is 5.32 Å². The Hall–Kier alpha value is -3.22. The molecule has 0 spiro atoms. The molecule has 2 aromatic carbocycles. The summed E-state index contributed by atoms with van der Waals surface area (Å²) in [5.74, 6) is -0.852. The third-order valence-corrected chi connectivity index (χ3v) is 2.98. The van der Waals surface area contributed by atoms with Crippen molar-refractivity contribution in [3.8, 4) is 5.75 Å². The van der Waals surface area contributed by atoms with Gasteiger partial charge in [-0.1, -0.05) is 24.3 Å². The summed E-state index contributed by atoms with van der Waals surface area (Å²) in [6, 6.07) is 12.8. The second-order valence-electron chi connectivity index (χ2n) is 4.74. The summed E-state index contributed by atoms with van der Waals surface area (Å²) >= 11 is 0. The van der Waals surface area contributed by atoms with Gasteiger partial charge < -0.3 is 10.1 Å². The van der Waals surface area contributed by atoms with Crippen LogP contribution in [0.2, 0.25) is 0 Å². The van der Waals surface area contributed by atoms with Gasteiger partial charge in [-0.05, 0) is 25.1 Å². The zero-order chi connectivity index (χ0) is 16.8. The fourth-order valence-electron chi connectivity index (χ4n) is 1.79. The molecule has 0 radical (unpaired) electrons. The number of benzene rings is 2. The van der Waals surface area contributed by atoms with E-state index in [0.29, 0.717) is 5.75 Å². The third-order valence-electron chi connectivity index (χ3n) is 2.98. The molecule has 0 unspecified atom stereocenters. The SMILES string of the molecule is C[C@H](NC(=O)c1cccc([N+](=O)[O-])c1)C(=O)Oc1ccccc1. The lowest BCUT2D eigenvalue weighted by atomic mass is 10.2. The van der Waals surface area contributed by atoms with E-state index in [-0.39, 0.29) is 11.3 Å². The number of nitrogens with one attached hydrogen (secondary N) is 1. The average molecular weight is 314 g/mol. The fraction of sp³-hybridized carbons (Fsp3) is 0.125. The van der Waals surface area contributed by atoms with Crippen LogP contribution in [0.4, 0.5) is 5.69 Å². The number of para-hydroxylation sites is 1. The largest absolute Gasteiger partial charge is 0.425 e. The van der Waals surface area contributed by atoms with Crippen LogP contribution in [-0.4, -0.2) is 22.8 Å². The van der Waals surface area contributed by atoms with Gasteiger partial charge in [0.05, 0.1) is 4.92 Å². The number of rotatable bonds is 5. The zero-order valence-corrected chi connectivity index (χ0v) is 12.3. The lowest BCUT2D eigenvalue weighted by Gasteiger charge is -2.13. The van der Waals surface area contributed by atoms with Crippen LogP contribution in [0.5, 0.6) is 5.75 Å². The van der Waals surface area contributed by atoms with E-state index < -0.39 is 22.8 Å². The first kappa shape index (κ1) is 16.2. The summed E-state index contributed by atoms with van der Waals surface area (Å²) in [4.78, 5) is 34.1. The van der Waals surface area contributed by atoms with Crippen molar-refractivity contribution in [2.45, 2.75) is 13.0 Å². The average Bonchev–Trinajstić information content (AvgIpc) is 2.55. The minimum absolute atomic E-state index is 0.0959. The highest BCUT2D eigenvalue weighted by Crippen LogP contribution is 2.13. The lowest BCUT2D eigenvalue weighted by Crippen LogP contribution is -2.40. The van der Waals surface area contributed by atoms with Crippen molar-refractivity contribution in [3.05, 3.63) is 70.3 Å². The first-order valence-electron chi connectivity index (χ1n) is 6.79. The number of amides is 1.